The molecule has 0 saturated carbocycles. The minimum atomic E-state index is -0.987. The Morgan fingerprint density at radius 2 is 2.16 bits per heavy atom. The molecule has 6 nitrogen and oxygen atoms in total. The minimum absolute atomic E-state index is 0.240. The number of carboxylic acids is 1. The number of fused-ring (bicyclic) bond motifs is 1. The van der Waals surface area contributed by atoms with Crippen molar-refractivity contribution in [3.05, 3.63) is 16.8 Å². The summed E-state index contributed by atoms with van der Waals surface area (Å²) in [5.41, 5.74) is 5.84. The molecule has 0 aliphatic rings. The summed E-state index contributed by atoms with van der Waals surface area (Å²) in [5, 5.41) is 9.93. The van der Waals surface area contributed by atoms with E-state index in [4.69, 9.17) is 10.8 Å². The van der Waals surface area contributed by atoms with Crippen LogP contribution in [0.3, 0.4) is 0 Å². The summed E-state index contributed by atoms with van der Waals surface area (Å²) in [7, 11) is 0. The predicted octanol–water partition coefficient (Wildman–Crippen LogP) is 1.66. The summed E-state index contributed by atoms with van der Waals surface area (Å²) in [5.74, 6) is -1.43. The number of aromatic carboxylic acids is 1. The van der Waals surface area contributed by atoms with Gasteiger partial charge >= 0.3 is 5.97 Å². The number of hydrogen-bond acceptors (Lipinski definition) is 6. The molecule has 19 heavy (non-hydrogen) atoms. The number of rotatable bonds is 4. The number of carbonyl (C=O) groups excluding carboxylic acids is 1. The summed E-state index contributed by atoms with van der Waals surface area (Å²) in [6.45, 7) is 3.39. The van der Waals surface area contributed by atoms with E-state index in [-0.39, 0.29) is 4.88 Å². The molecule has 1 atom stereocenters. The zero-order valence-electron chi connectivity index (χ0n) is 10.2. The SMILES string of the molecule is Cc1c(C(=O)O)sc2ncnc(SC(C)C(N)=O)c12. The molecule has 8 heteroatoms. The molecule has 2 aromatic rings. The van der Waals surface area contributed by atoms with Crippen LogP contribution in [0.4, 0.5) is 0 Å². The Hall–Kier alpha value is -1.67. The topological polar surface area (TPSA) is 106 Å². The highest BCUT2D eigenvalue weighted by Crippen LogP contribution is 2.36. The number of hydrogen-bond donors (Lipinski definition) is 2. The van der Waals surface area contributed by atoms with E-state index in [2.05, 4.69) is 9.97 Å². The normalized spacial score (nSPS) is 12.5. The second-order valence-electron chi connectivity index (χ2n) is 3.88. The number of carbonyl (C=O) groups is 2. The van der Waals surface area contributed by atoms with Crippen molar-refractivity contribution >= 4 is 45.2 Å². The van der Waals surface area contributed by atoms with Crippen molar-refractivity contribution in [2.45, 2.75) is 24.1 Å². The van der Waals surface area contributed by atoms with E-state index in [1.54, 1.807) is 13.8 Å². The number of carboxylic acid groups (broad SMARTS) is 1. The van der Waals surface area contributed by atoms with Gasteiger partial charge in [0.05, 0.1) is 5.25 Å². The molecule has 3 N–H and O–H groups in total. The first kappa shape index (κ1) is 13.8. The maximum Gasteiger partial charge on any atom is 0.346 e. The van der Waals surface area contributed by atoms with Crippen LogP contribution in [0.2, 0.25) is 0 Å². The second-order valence-corrected chi connectivity index (χ2v) is 6.21. The average Bonchev–Trinajstić information content (AvgIpc) is 2.68. The Bertz CT molecular complexity index is 668. The third kappa shape index (κ3) is 2.54. The van der Waals surface area contributed by atoms with Gasteiger partial charge in [-0.25, -0.2) is 14.8 Å². The number of thioether (sulfide) groups is 1. The monoisotopic (exact) mass is 297 g/mol. The standard InChI is InChI=1S/C11H11N3O3S2/c1-4-6-9(18-5(2)8(12)15)13-3-14-10(6)19-7(4)11(16)17/h3,5H,1-2H3,(H2,12,15)(H,16,17). The molecule has 0 bridgehead atoms. The Balaban J connectivity index is 2.56. The summed E-state index contributed by atoms with van der Waals surface area (Å²) >= 11 is 2.31. The molecule has 1 unspecified atom stereocenters. The zero-order chi connectivity index (χ0) is 14.2. The van der Waals surface area contributed by atoms with E-state index < -0.39 is 17.1 Å². The number of thiophene rings is 1. The molecule has 0 fully saturated rings. The van der Waals surface area contributed by atoms with Crippen molar-refractivity contribution in [2.24, 2.45) is 5.73 Å². The van der Waals surface area contributed by atoms with Crippen molar-refractivity contribution in [3.8, 4) is 0 Å². The van der Waals surface area contributed by atoms with Crippen molar-refractivity contribution < 1.29 is 14.7 Å². The molecular weight excluding hydrogens is 286 g/mol. The van der Waals surface area contributed by atoms with E-state index in [9.17, 15) is 9.59 Å². The summed E-state index contributed by atoms with van der Waals surface area (Å²) < 4.78 is 0. The van der Waals surface area contributed by atoms with Gasteiger partial charge < -0.3 is 10.8 Å². The maximum atomic E-state index is 11.1. The molecule has 2 heterocycles. The third-order valence-electron chi connectivity index (χ3n) is 2.58. The van der Waals surface area contributed by atoms with Crippen molar-refractivity contribution in [2.75, 3.05) is 0 Å². The molecule has 2 rings (SSSR count). The molecule has 0 spiro atoms. The lowest BCUT2D eigenvalue weighted by molar-refractivity contribution is -0.117. The molecular formula is C11H11N3O3S2. The van der Waals surface area contributed by atoms with Crippen LogP contribution in [0.25, 0.3) is 10.2 Å². The predicted molar refractivity (Wildman–Crippen MR) is 73.6 cm³/mol. The van der Waals surface area contributed by atoms with Crippen LogP contribution in [0, 0.1) is 6.92 Å². The van der Waals surface area contributed by atoms with Gasteiger partial charge in [-0.15, -0.1) is 11.3 Å². The minimum Gasteiger partial charge on any atom is -0.477 e. The lowest BCUT2D eigenvalue weighted by atomic mass is 10.2. The zero-order valence-corrected chi connectivity index (χ0v) is 11.8. The van der Waals surface area contributed by atoms with Gasteiger partial charge in [0.15, 0.2) is 0 Å². The van der Waals surface area contributed by atoms with E-state index in [0.717, 1.165) is 11.3 Å². The number of aromatic nitrogens is 2. The van der Waals surface area contributed by atoms with E-state index in [0.29, 0.717) is 20.8 Å². The van der Waals surface area contributed by atoms with Crippen LogP contribution in [-0.2, 0) is 4.79 Å². The van der Waals surface area contributed by atoms with Crippen molar-refractivity contribution in [1.29, 1.82) is 0 Å². The van der Waals surface area contributed by atoms with E-state index >= 15 is 0 Å². The van der Waals surface area contributed by atoms with Gasteiger partial charge in [-0.1, -0.05) is 11.8 Å². The van der Waals surface area contributed by atoms with Crippen LogP contribution in [-0.4, -0.2) is 32.2 Å². The summed E-state index contributed by atoms with van der Waals surface area (Å²) in [6.07, 6.45) is 1.36. The highest BCUT2D eigenvalue weighted by atomic mass is 32.2. The fourth-order valence-electron chi connectivity index (χ4n) is 1.56. The fraction of sp³-hybridized carbons (Fsp3) is 0.273. The number of aryl methyl sites for hydroxylation is 1. The number of amides is 1. The number of primary amides is 1. The highest BCUT2D eigenvalue weighted by Gasteiger charge is 2.21. The maximum absolute atomic E-state index is 11.1. The van der Waals surface area contributed by atoms with Gasteiger partial charge in [0.1, 0.15) is 21.1 Å². The van der Waals surface area contributed by atoms with Crippen LogP contribution in [0.15, 0.2) is 11.4 Å². The van der Waals surface area contributed by atoms with Gasteiger partial charge in [0.2, 0.25) is 5.91 Å². The van der Waals surface area contributed by atoms with Crippen molar-refractivity contribution in [1.82, 2.24) is 9.97 Å². The Morgan fingerprint density at radius 1 is 1.47 bits per heavy atom. The van der Waals surface area contributed by atoms with Crippen molar-refractivity contribution in [3.63, 3.8) is 0 Å². The first-order valence-electron chi connectivity index (χ1n) is 5.35. The fourth-order valence-corrected chi connectivity index (χ4v) is 3.54. The molecule has 0 radical (unpaired) electrons. The molecule has 0 aromatic carbocycles. The Labute approximate surface area is 117 Å². The van der Waals surface area contributed by atoms with E-state index in [1.165, 1.54) is 18.1 Å². The molecule has 2 aromatic heterocycles. The third-order valence-corrected chi connectivity index (χ3v) is 4.88. The lowest BCUT2D eigenvalue weighted by Gasteiger charge is -2.07. The van der Waals surface area contributed by atoms with Gasteiger partial charge in [-0.3, -0.25) is 4.79 Å². The quantitative estimate of drug-likeness (QED) is 0.656. The molecule has 1 amide bonds. The van der Waals surface area contributed by atoms with Crippen LogP contribution in [0.5, 0.6) is 0 Å². The average molecular weight is 297 g/mol. The van der Waals surface area contributed by atoms with Crippen LogP contribution < -0.4 is 5.73 Å². The van der Waals surface area contributed by atoms with Crippen LogP contribution in [0.1, 0.15) is 22.2 Å². The molecule has 0 aliphatic carbocycles. The van der Waals surface area contributed by atoms with Crippen LogP contribution >= 0.6 is 23.1 Å². The smallest absolute Gasteiger partial charge is 0.346 e. The summed E-state index contributed by atoms with van der Waals surface area (Å²) in [6, 6.07) is 0. The molecule has 0 aliphatic heterocycles. The number of nitrogens with two attached hydrogens (primary N) is 1. The lowest BCUT2D eigenvalue weighted by Crippen LogP contribution is -2.22. The first-order chi connectivity index (χ1) is 8.91. The van der Waals surface area contributed by atoms with E-state index in [1.807, 2.05) is 0 Å². The Kier molecular flexibility index (Phi) is 3.72. The first-order valence-corrected chi connectivity index (χ1v) is 7.04. The Morgan fingerprint density at radius 3 is 2.74 bits per heavy atom. The van der Waals surface area contributed by atoms with Gasteiger partial charge in [-0.2, -0.15) is 0 Å². The van der Waals surface area contributed by atoms with Gasteiger partial charge in [0.25, 0.3) is 0 Å². The largest absolute Gasteiger partial charge is 0.477 e. The second kappa shape index (κ2) is 5.14. The van der Waals surface area contributed by atoms with Gasteiger partial charge in [-0.05, 0) is 19.4 Å². The highest BCUT2D eigenvalue weighted by molar-refractivity contribution is 8.00. The van der Waals surface area contributed by atoms with Gasteiger partial charge in [0, 0.05) is 5.39 Å². The number of nitrogens with zero attached hydrogens (tertiary/aromatic N) is 2. The summed E-state index contributed by atoms with van der Waals surface area (Å²) in [4.78, 5) is 31.3. The molecule has 0 saturated heterocycles. The molecule has 100 valence electrons.